The highest BCUT2D eigenvalue weighted by Gasteiger charge is 2.18. The van der Waals surface area contributed by atoms with E-state index >= 15 is 0 Å². The number of carbonyl (C=O) groups excluding carboxylic acids is 1. The number of aromatic nitrogens is 2. The first-order valence-electron chi connectivity index (χ1n) is 7.20. The summed E-state index contributed by atoms with van der Waals surface area (Å²) in [6.45, 7) is 3.46. The molecule has 128 valence electrons. The van der Waals surface area contributed by atoms with Crippen LogP contribution in [-0.2, 0) is 4.79 Å². The second-order valence-electron chi connectivity index (χ2n) is 5.01. The van der Waals surface area contributed by atoms with E-state index in [1.807, 2.05) is 0 Å². The zero-order valence-corrected chi connectivity index (χ0v) is 14.7. The molecule has 2 N–H and O–H groups in total. The molecule has 0 aliphatic heterocycles. The maximum atomic E-state index is 12.4. The van der Waals surface area contributed by atoms with Crippen molar-refractivity contribution in [2.45, 2.75) is 24.3 Å². The second-order valence-corrected chi connectivity index (χ2v) is 6.34. The van der Waals surface area contributed by atoms with Gasteiger partial charge in [-0.3, -0.25) is 9.59 Å². The molecule has 0 fully saturated rings. The van der Waals surface area contributed by atoms with Crippen LogP contribution in [-0.4, -0.2) is 35.3 Å². The summed E-state index contributed by atoms with van der Waals surface area (Å²) >= 11 is 1.17. The number of H-pyrrole nitrogens is 1. The van der Waals surface area contributed by atoms with Gasteiger partial charge in [0.05, 0.1) is 25.2 Å². The van der Waals surface area contributed by atoms with Crippen LogP contribution < -0.4 is 20.3 Å². The van der Waals surface area contributed by atoms with Crippen molar-refractivity contribution in [2.75, 3.05) is 19.5 Å². The molecular weight excluding hydrogens is 330 g/mol. The molecule has 0 aliphatic rings. The molecule has 2 aromatic rings. The minimum absolute atomic E-state index is 0.240. The number of thioether (sulfide) groups is 1. The summed E-state index contributed by atoms with van der Waals surface area (Å²) in [5.41, 5.74) is 0.871. The number of carbonyl (C=O) groups is 1. The molecule has 0 aliphatic carbocycles. The zero-order chi connectivity index (χ0) is 17.7. The van der Waals surface area contributed by atoms with Crippen LogP contribution in [0.15, 0.2) is 34.2 Å². The van der Waals surface area contributed by atoms with Gasteiger partial charge < -0.3 is 19.8 Å². The second kappa shape index (κ2) is 7.87. The summed E-state index contributed by atoms with van der Waals surface area (Å²) < 4.78 is 10.4. The number of nitrogens with zero attached hydrogens (tertiary/aromatic N) is 1. The van der Waals surface area contributed by atoms with Gasteiger partial charge in [-0.25, -0.2) is 4.98 Å². The topological polar surface area (TPSA) is 93.3 Å². The molecule has 7 nitrogen and oxygen atoms in total. The van der Waals surface area contributed by atoms with E-state index in [1.165, 1.54) is 24.9 Å². The lowest BCUT2D eigenvalue weighted by Crippen LogP contribution is -2.23. The number of methoxy groups -OCH3 is 2. The third-order valence-electron chi connectivity index (χ3n) is 3.17. The molecule has 1 amide bonds. The number of nitrogens with one attached hydrogen (secondary N) is 2. The Balaban J connectivity index is 2.12. The number of ether oxygens (including phenoxy) is 2. The Bertz CT molecular complexity index is 791. The standard InChI is InChI=1S/C16H19N3O4S/c1-9-7-14(20)19-16(17-9)24-10(2)15(21)18-12-8-11(22-3)5-6-13(12)23-4/h5-8,10H,1-4H3,(H,18,21)(H,17,19,20). The lowest BCUT2D eigenvalue weighted by atomic mass is 10.2. The van der Waals surface area contributed by atoms with Gasteiger partial charge in [-0.15, -0.1) is 0 Å². The smallest absolute Gasteiger partial charge is 0.251 e. The normalized spacial score (nSPS) is 11.7. The molecule has 8 heteroatoms. The van der Waals surface area contributed by atoms with Gasteiger partial charge in [-0.2, -0.15) is 0 Å². The van der Waals surface area contributed by atoms with Gasteiger partial charge in [0.1, 0.15) is 11.5 Å². The Morgan fingerprint density at radius 3 is 2.67 bits per heavy atom. The summed E-state index contributed by atoms with van der Waals surface area (Å²) in [7, 11) is 3.07. The highest BCUT2D eigenvalue weighted by atomic mass is 32.2. The van der Waals surface area contributed by atoms with E-state index in [2.05, 4.69) is 15.3 Å². The lowest BCUT2D eigenvalue weighted by Gasteiger charge is -2.14. The summed E-state index contributed by atoms with van der Waals surface area (Å²) in [6, 6.07) is 6.54. The Hall–Kier alpha value is -2.48. The van der Waals surface area contributed by atoms with Crippen molar-refractivity contribution in [2.24, 2.45) is 0 Å². The van der Waals surface area contributed by atoms with Crippen molar-refractivity contribution in [1.29, 1.82) is 0 Å². The fourth-order valence-corrected chi connectivity index (χ4v) is 2.83. The molecular formula is C16H19N3O4S. The van der Waals surface area contributed by atoms with Gasteiger partial charge in [-0.1, -0.05) is 11.8 Å². The molecule has 0 bridgehead atoms. The van der Waals surface area contributed by atoms with Gasteiger partial charge >= 0.3 is 0 Å². The molecule has 1 aromatic heterocycles. The molecule has 1 aromatic carbocycles. The maximum Gasteiger partial charge on any atom is 0.251 e. The largest absolute Gasteiger partial charge is 0.497 e. The number of amides is 1. The summed E-state index contributed by atoms with van der Waals surface area (Å²) in [5.74, 6) is 0.898. The van der Waals surface area contributed by atoms with Crippen LogP contribution in [0.2, 0.25) is 0 Å². The van der Waals surface area contributed by atoms with Crippen molar-refractivity contribution < 1.29 is 14.3 Å². The maximum absolute atomic E-state index is 12.4. The van der Waals surface area contributed by atoms with Crippen LogP contribution in [0.5, 0.6) is 11.5 Å². The molecule has 0 spiro atoms. The average Bonchev–Trinajstić information content (AvgIpc) is 2.53. The SMILES string of the molecule is COc1ccc(OC)c(NC(=O)C(C)Sc2nc(C)cc(=O)[nH]2)c1. The summed E-state index contributed by atoms with van der Waals surface area (Å²) in [5, 5.41) is 2.74. The van der Waals surface area contributed by atoms with E-state index in [4.69, 9.17) is 9.47 Å². The van der Waals surface area contributed by atoms with Crippen LogP contribution in [0.4, 0.5) is 5.69 Å². The fraction of sp³-hybridized carbons (Fsp3) is 0.312. The van der Waals surface area contributed by atoms with Gasteiger partial charge in [-0.05, 0) is 26.0 Å². The van der Waals surface area contributed by atoms with Gasteiger partial charge in [0, 0.05) is 17.8 Å². The Morgan fingerprint density at radius 2 is 2.04 bits per heavy atom. The number of anilines is 1. The molecule has 1 unspecified atom stereocenters. The average molecular weight is 349 g/mol. The van der Waals surface area contributed by atoms with E-state index in [0.29, 0.717) is 28.0 Å². The molecule has 24 heavy (non-hydrogen) atoms. The highest BCUT2D eigenvalue weighted by molar-refractivity contribution is 8.00. The number of aromatic amines is 1. The number of hydrogen-bond donors (Lipinski definition) is 2. The number of aryl methyl sites for hydroxylation is 1. The van der Waals surface area contributed by atoms with Crippen molar-refractivity contribution >= 4 is 23.4 Å². The van der Waals surface area contributed by atoms with Gasteiger partial charge in [0.15, 0.2) is 5.16 Å². The minimum Gasteiger partial charge on any atom is -0.497 e. The summed E-state index contributed by atoms with van der Waals surface area (Å²) in [4.78, 5) is 30.7. The van der Waals surface area contributed by atoms with E-state index in [-0.39, 0.29) is 11.5 Å². The van der Waals surface area contributed by atoms with Crippen LogP contribution >= 0.6 is 11.8 Å². The molecule has 2 rings (SSSR count). The molecule has 1 heterocycles. The van der Waals surface area contributed by atoms with Crippen molar-refractivity contribution in [1.82, 2.24) is 9.97 Å². The third-order valence-corrected chi connectivity index (χ3v) is 4.15. The Morgan fingerprint density at radius 1 is 1.29 bits per heavy atom. The van der Waals surface area contributed by atoms with Crippen molar-refractivity contribution in [3.05, 3.63) is 40.3 Å². The number of hydrogen-bond acceptors (Lipinski definition) is 6. The third kappa shape index (κ3) is 4.51. The van der Waals surface area contributed by atoms with Crippen molar-refractivity contribution in [3.63, 3.8) is 0 Å². The first-order chi connectivity index (χ1) is 11.4. The lowest BCUT2D eigenvalue weighted by molar-refractivity contribution is -0.115. The van der Waals surface area contributed by atoms with Crippen LogP contribution in [0.3, 0.4) is 0 Å². The fourth-order valence-electron chi connectivity index (χ4n) is 1.97. The molecule has 0 saturated heterocycles. The summed E-state index contributed by atoms with van der Waals surface area (Å²) in [6.07, 6.45) is 0. The van der Waals surface area contributed by atoms with Gasteiger partial charge in [0.2, 0.25) is 5.91 Å². The van der Waals surface area contributed by atoms with E-state index in [0.717, 1.165) is 0 Å². The zero-order valence-electron chi connectivity index (χ0n) is 13.9. The Labute approximate surface area is 143 Å². The monoisotopic (exact) mass is 349 g/mol. The minimum atomic E-state index is -0.467. The van der Waals surface area contributed by atoms with E-state index in [9.17, 15) is 9.59 Å². The first-order valence-corrected chi connectivity index (χ1v) is 8.08. The van der Waals surface area contributed by atoms with Crippen LogP contribution in [0, 0.1) is 6.92 Å². The van der Waals surface area contributed by atoms with Gasteiger partial charge in [0.25, 0.3) is 5.56 Å². The Kier molecular flexibility index (Phi) is 5.86. The predicted octanol–water partition coefficient (Wildman–Crippen LogP) is 2.21. The quantitative estimate of drug-likeness (QED) is 0.613. The van der Waals surface area contributed by atoms with E-state index < -0.39 is 5.25 Å². The van der Waals surface area contributed by atoms with Crippen LogP contribution in [0.1, 0.15) is 12.6 Å². The predicted molar refractivity (Wildman–Crippen MR) is 93.1 cm³/mol. The van der Waals surface area contributed by atoms with E-state index in [1.54, 1.807) is 39.2 Å². The molecule has 1 atom stereocenters. The first kappa shape index (κ1) is 17.9. The van der Waals surface area contributed by atoms with Crippen molar-refractivity contribution in [3.8, 4) is 11.5 Å². The molecule has 0 radical (unpaired) electrons. The molecule has 0 saturated carbocycles. The van der Waals surface area contributed by atoms with Crippen LogP contribution in [0.25, 0.3) is 0 Å². The number of rotatable bonds is 6. The number of benzene rings is 1. The highest BCUT2D eigenvalue weighted by Crippen LogP contribution is 2.30.